The van der Waals surface area contributed by atoms with Gasteiger partial charge >= 0.3 is 5.97 Å². The molecular weight excluding hydrogens is 437 g/mol. The van der Waals surface area contributed by atoms with Crippen LogP contribution in [-0.2, 0) is 9.53 Å². The molecule has 1 aliphatic rings. The fourth-order valence-corrected chi connectivity index (χ4v) is 4.22. The molecule has 34 heavy (non-hydrogen) atoms. The summed E-state index contributed by atoms with van der Waals surface area (Å²) in [5.41, 5.74) is 2.69. The molecule has 1 saturated heterocycles. The smallest absolute Gasteiger partial charge is 0.340 e. The van der Waals surface area contributed by atoms with Crippen LogP contribution in [0.5, 0.6) is 0 Å². The van der Waals surface area contributed by atoms with Gasteiger partial charge < -0.3 is 19.5 Å². The van der Waals surface area contributed by atoms with Gasteiger partial charge in [-0.2, -0.15) is 0 Å². The minimum atomic E-state index is -0.701. The molecule has 1 amide bonds. The predicted octanol–water partition coefficient (Wildman–Crippen LogP) is 3.84. The number of esters is 1. The van der Waals surface area contributed by atoms with Crippen LogP contribution in [0.4, 0.5) is 10.1 Å². The summed E-state index contributed by atoms with van der Waals surface area (Å²) in [4.78, 5) is 45.7. The van der Waals surface area contributed by atoms with Gasteiger partial charge in [-0.15, -0.1) is 0 Å². The highest BCUT2D eigenvalue weighted by molar-refractivity contribution is 6.43. The zero-order valence-electron chi connectivity index (χ0n) is 19.1. The van der Waals surface area contributed by atoms with Gasteiger partial charge in [0, 0.05) is 43.1 Å². The van der Waals surface area contributed by atoms with Gasteiger partial charge in [-0.05, 0) is 43.7 Å². The summed E-state index contributed by atoms with van der Waals surface area (Å²) < 4.78 is 18.4. The Hall–Kier alpha value is -3.94. The number of carbonyl (C=O) groups is 3. The van der Waals surface area contributed by atoms with E-state index in [-0.39, 0.29) is 23.7 Å². The summed E-state index contributed by atoms with van der Waals surface area (Å²) in [5.74, 6) is -2.18. The van der Waals surface area contributed by atoms with Crippen molar-refractivity contribution in [3.05, 3.63) is 77.4 Å². The second-order valence-corrected chi connectivity index (χ2v) is 8.05. The number of Topliss-reactive ketones (excluding diaryl/α,β-unsaturated/α-hetero) is 1. The van der Waals surface area contributed by atoms with Crippen LogP contribution in [0.15, 0.2) is 54.6 Å². The number of aromatic amines is 1. The molecule has 0 aliphatic carbocycles. The summed E-state index contributed by atoms with van der Waals surface area (Å²) in [6.45, 7) is 5.34. The lowest BCUT2D eigenvalue weighted by atomic mass is 9.98. The van der Waals surface area contributed by atoms with Gasteiger partial charge in [0.1, 0.15) is 11.5 Å². The third-order valence-corrected chi connectivity index (χ3v) is 5.91. The molecule has 3 aromatic rings. The van der Waals surface area contributed by atoms with E-state index in [4.69, 9.17) is 4.74 Å². The van der Waals surface area contributed by atoms with Crippen molar-refractivity contribution in [2.75, 3.05) is 37.7 Å². The number of benzene rings is 2. The molecule has 8 heteroatoms. The van der Waals surface area contributed by atoms with E-state index in [0.717, 1.165) is 5.69 Å². The third kappa shape index (κ3) is 4.57. The number of aromatic nitrogens is 1. The van der Waals surface area contributed by atoms with Crippen LogP contribution in [-0.4, -0.2) is 60.3 Å². The number of ketones is 1. The first-order valence-corrected chi connectivity index (χ1v) is 11.2. The maximum Gasteiger partial charge on any atom is 0.340 e. The number of H-pyrrole nitrogens is 1. The molecule has 1 fully saturated rings. The molecule has 0 radical (unpaired) electrons. The Morgan fingerprint density at radius 3 is 2.24 bits per heavy atom. The first-order valence-electron chi connectivity index (χ1n) is 11.2. The van der Waals surface area contributed by atoms with E-state index in [1.807, 2.05) is 11.0 Å². The van der Waals surface area contributed by atoms with Gasteiger partial charge in [0.25, 0.3) is 11.7 Å². The number of aryl methyl sites for hydroxylation is 1. The topological polar surface area (TPSA) is 82.7 Å². The average molecular weight is 464 g/mol. The molecule has 1 aromatic heterocycles. The maximum atomic E-state index is 13.3. The Labute approximate surface area is 197 Å². The monoisotopic (exact) mass is 463 g/mol. The molecule has 0 saturated carbocycles. The lowest BCUT2D eigenvalue weighted by molar-refractivity contribution is -0.126. The number of halogens is 1. The van der Waals surface area contributed by atoms with E-state index in [1.54, 1.807) is 50.2 Å². The number of nitrogens with one attached hydrogen (secondary N) is 1. The molecule has 1 aliphatic heterocycles. The molecule has 2 aromatic carbocycles. The number of carbonyl (C=O) groups excluding carboxylic acids is 3. The Balaban J connectivity index is 1.58. The number of hydrogen-bond donors (Lipinski definition) is 1. The lowest BCUT2D eigenvalue weighted by Crippen LogP contribution is -2.50. The fraction of sp³-hybridized carbons (Fsp3) is 0.269. The van der Waals surface area contributed by atoms with Crippen molar-refractivity contribution >= 4 is 23.3 Å². The molecule has 0 unspecified atom stereocenters. The molecule has 0 spiro atoms. The van der Waals surface area contributed by atoms with E-state index in [9.17, 15) is 18.8 Å². The summed E-state index contributed by atoms with van der Waals surface area (Å²) >= 11 is 0. The Morgan fingerprint density at radius 2 is 1.62 bits per heavy atom. The zero-order chi connectivity index (χ0) is 24.2. The number of piperazine rings is 1. The summed E-state index contributed by atoms with van der Waals surface area (Å²) in [6.07, 6.45) is 0. The van der Waals surface area contributed by atoms with E-state index in [2.05, 4.69) is 4.98 Å². The van der Waals surface area contributed by atoms with Crippen molar-refractivity contribution in [3.8, 4) is 11.1 Å². The highest BCUT2D eigenvalue weighted by atomic mass is 19.1. The number of ether oxygens (including phenoxy) is 1. The predicted molar refractivity (Wildman–Crippen MR) is 126 cm³/mol. The minimum absolute atomic E-state index is 0.0812. The molecule has 176 valence electrons. The quantitative estimate of drug-likeness (QED) is 0.341. The van der Waals surface area contributed by atoms with E-state index < -0.39 is 17.7 Å². The van der Waals surface area contributed by atoms with Crippen LogP contribution in [0.3, 0.4) is 0 Å². The van der Waals surface area contributed by atoms with E-state index in [0.29, 0.717) is 43.0 Å². The van der Waals surface area contributed by atoms with Crippen LogP contribution in [0.1, 0.15) is 33.5 Å². The van der Waals surface area contributed by atoms with E-state index >= 15 is 0 Å². The Kier molecular flexibility index (Phi) is 6.77. The van der Waals surface area contributed by atoms with Gasteiger partial charge in [0.05, 0.1) is 12.2 Å². The molecule has 0 atom stereocenters. The molecule has 0 bridgehead atoms. The molecule has 4 rings (SSSR count). The third-order valence-electron chi connectivity index (χ3n) is 5.91. The standard InChI is InChI=1S/C26H26FN3O4/c1-3-34-26(33)21-17(2)28-23(22(21)18-7-5-4-6-8-18)24(31)25(32)30-15-13-29(14-16-30)20-11-9-19(27)10-12-20/h4-12,28H,3,13-16H2,1-2H3. The second-order valence-electron chi connectivity index (χ2n) is 8.05. The highest BCUT2D eigenvalue weighted by Gasteiger charge is 2.33. The summed E-state index contributed by atoms with van der Waals surface area (Å²) in [5, 5.41) is 0. The second kappa shape index (κ2) is 9.91. The summed E-state index contributed by atoms with van der Waals surface area (Å²) in [6, 6.07) is 15.2. The van der Waals surface area contributed by atoms with E-state index in [1.165, 1.54) is 17.0 Å². The highest BCUT2D eigenvalue weighted by Crippen LogP contribution is 2.32. The van der Waals surface area contributed by atoms with Gasteiger partial charge in [0.15, 0.2) is 0 Å². The van der Waals surface area contributed by atoms with Crippen molar-refractivity contribution in [3.63, 3.8) is 0 Å². The van der Waals surface area contributed by atoms with Crippen LogP contribution in [0, 0.1) is 12.7 Å². The molecule has 7 nitrogen and oxygen atoms in total. The normalized spacial score (nSPS) is 13.6. The molecule has 1 N–H and O–H groups in total. The minimum Gasteiger partial charge on any atom is -0.462 e. The summed E-state index contributed by atoms with van der Waals surface area (Å²) in [7, 11) is 0. The Morgan fingerprint density at radius 1 is 0.971 bits per heavy atom. The number of amides is 1. The van der Waals surface area contributed by atoms with Gasteiger partial charge in [-0.25, -0.2) is 9.18 Å². The average Bonchev–Trinajstić information content (AvgIpc) is 3.21. The van der Waals surface area contributed by atoms with Crippen LogP contribution in [0.25, 0.3) is 11.1 Å². The number of hydrogen-bond acceptors (Lipinski definition) is 5. The maximum absolute atomic E-state index is 13.3. The number of anilines is 1. The molecule has 2 heterocycles. The van der Waals surface area contributed by atoms with Crippen molar-refractivity contribution in [1.29, 1.82) is 0 Å². The van der Waals surface area contributed by atoms with Crippen LogP contribution >= 0.6 is 0 Å². The largest absolute Gasteiger partial charge is 0.462 e. The fourth-order valence-electron chi connectivity index (χ4n) is 4.22. The SMILES string of the molecule is CCOC(=O)c1c(C)[nH]c(C(=O)C(=O)N2CCN(c3ccc(F)cc3)CC2)c1-c1ccccc1. The molecular formula is C26H26FN3O4. The van der Waals surface area contributed by atoms with Crippen molar-refractivity contribution in [1.82, 2.24) is 9.88 Å². The van der Waals surface area contributed by atoms with Crippen molar-refractivity contribution in [2.45, 2.75) is 13.8 Å². The number of rotatable bonds is 6. The zero-order valence-corrected chi connectivity index (χ0v) is 19.1. The van der Waals surface area contributed by atoms with Crippen molar-refractivity contribution in [2.24, 2.45) is 0 Å². The van der Waals surface area contributed by atoms with Crippen LogP contribution < -0.4 is 4.90 Å². The van der Waals surface area contributed by atoms with Crippen LogP contribution in [0.2, 0.25) is 0 Å². The first kappa shape index (κ1) is 23.2. The van der Waals surface area contributed by atoms with Gasteiger partial charge in [-0.3, -0.25) is 9.59 Å². The lowest BCUT2D eigenvalue weighted by Gasteiger charge is -2.35. The van der Waals surface area contributed by atoms with Crippen molar-refractivity contribution < 1.29 is 23.5 Å². The van der Waals surface area contributed by atoms with Gasteiger partial charge in [0.2, 0.25) is 0 Å². The Bertz CT molecular complexity index is 1200. The number of nitrogens with zero attached hydrogens (tertiary/aromatic N) is 2. The first-order chi connectivity index (χ1) is 16.4. The van der Waals surface area contributed by atoms with Gasteiger partial charge in [-0.1, -0.05) is 30.3 Å².